The zero-order valence-electron chi connectivity index (χ0n) is 17.3. The van der Waals surface area contributed by atoms with Crippen LogP contribution in [0.2, 0.25) is 0 Å². The summed E-state index contributed by atoms with van der Waals surface area (Å²) in [4.78, 5) is 26.9. The number of anilines is 1. The number of hydrogen-bond donors (Lipinski definition) is 2. The number of aliphatic hydroxyl groups excluding tert-OH is 1. The second-order valence-electron chi connectivity index (χ2n) is 7.40. The fraction of sp³-hybridized carbons (Fsp3) is 0.391. The lowest BCUT2D eigenvalue weighted by molar-refractivity contribution is -0.121. The van der Waals surface area contributed by atoms with Crippen molar-refractivity contribution in [1.82, 2.24) is 5.32 Å². The van der Waals surface area contributed by atoms with E-state index in [1.165, 1.54) is 0 Å². The van der Waals surface area contributed by atoms with Crippen LogP contribution >= 0.6 is 0 Å². The average Bonchev–Trinajstić information content (AvgIpc) is 2.71. The third kappa shape index (κ3) is 5.20. The Balaban J connectivity index is 2.50. The van der Waals surface area contributed by atoms with Gasteiger partial charge in [-0.3, -0.25) is 9.59 Å². The lowest BCUT2D eigenvalue weighted by Gasteiger charge is -2.23. The Morgan fingerprint density at radius 2 is 1.71 bits per heavy atom. The van der Waals surface area contributed by atoms with E-state index in [2.05, 4.69) is 5.32 Å². The molecule has 28 heavy (non-hydrogen) atoms. The largest absolute Gasteiger partial charge is 0.394 e. The first-order valence-electron chi connectivity index (χ1n) is 9.68. The van der Waals surface area contributed by atoms with Gasteiger partial charge in [0, 0.05) is 30.3 Å². The maximum atomic E-state index is 12.7. The lowest BCUT2D eigenvalue weighted by Crippen LogP contribution is -2.35. The number of aryl methyl sites for hydroxylation is 1. The van der Waals surface area contributed by atoms with E-state index in [1.807, 2.05) is 57.2 Å². The highest BCUT2D eigenvalue weighted by Crippen LogP contribution is 2.28. The van der Waals surface area contributed by atoms with E-state index in [9.17, 15) is 14.7 Å². The maximum absolute atomic E-state index is 12.7. The minimum absolute atomic E-state index is 0.0126. The molecule has 2 rings (SSSR count). The Hall–Kier alpha value is -2.66. The van der Waals surface area contributed by atoms with Crippen molar-refractivity contribution >= 4 is 17.5 Å². The summed E-state index contributed by atoms with van der Waals surface area (Å²) in [5.41, 5.74) is 4.12. The molecule has 5 nitrogen and oxygen atoms in total. The molecule has 0 aliphatic heterocycles. The van der Waals surface area contributed by atoms with E-state index < -0.39 is 0 Å². The van der Waals surface area contributed by atoms with Crippen molar-refractivity contribution in [1.29, 1.82) is 0 Å². The van der Waals surface area contributed by atoms with Crippen molar-refractivity contribution in [2.75, 3.05) is 18.6 Å². The van der Waals surface area contributed by atoms with Crippen LogP contribution in [0.3, 0.4) is 0 Å². The van der Waals surface area contributed by atoms with Gasteiger partial charge in [0.25, 0.3) is 5.91 Å². The summed E-state index contributed by atoms with van der Waals surface area (Å²) in [6.07, 6.45) is 0.752. The second kappa shape index (κ2) is 9.51. The molecule has 2 N–H and O–H groups in total. The number of amides is 2. The highest BCUT2D eigenvalue weighted by Gasteiger charge is 2.20. The molecular formula is C23H30N2O3. The third-order valence-corrected chi connectivity index (χ3v) is 4.97. The number of rotatable bonds is 7. The second-order valence-corrected chi connectivity index (χ2v) is 7.40. The van der Waals surface area contributed by atoms with Crippen LogP contribution in [-0.2, 0) is 4.79 Å². The molecular weight excluding hydrogens is 352 g/mol. The quantitative estimate of drug-likeness (QED) is 0.766. The van der Waals surface area contributed by atoms with Gasteiger partial charge >= 0.3 is 0 Å². The number of nitrogens with zero attached hydrogens (tertiary/aromatic N) is 1. The Kier molecular flexibility index (Phi) is 7.35. The molecule has 0 radical (unpaired) electrons. The molecule has 2 atom stereocenters. The van der Waals surface area contributed by atoms with Crippen LogP contribution in [0.5, 0.6) is 0 Å². The Morgan fingerprint density at radius 1 is 1.07 bits per heavy atom. The molecule has 0 heterocycles. The van der Waals surface area contributed by atoms with Crippen LogP contribution in [-0.4, -0.2) is 36.6 Å². The summed E-state index contributed by atoms with van der Waals surface area (Å²) in [7, 11) is 1.74. The van der Waals surface area contributed by atoms with Crippen molar-refractivity contribution in [3.05, 3.63) is 53.6 Å². The van der Waals surface area contributed by atoms with Gasteiger partial charge in [0.15, 0.2) is 0 Å². The number of carbonyl (C=O) groups excluding carboxylic acids is 2. The number of nitrogens with one attached hydrogen (secondary N) is 1. The van der Waals surface area contributed by atoms with Crippen LogP contribution in [0.1, 0.15) is 43.1 Å². The Labute approximate surface area is 167 Å². The molecule has 5 heteroatoms. The molecule has 0 aliphatic carbocycles. The minimum atomic E-state index is -0.349. The zero-order valence-corrected chi connectivity index (χ0v) is 17.3. The smallest absolute Gasteiger partial charge is 0.251 e. The monoisotopic (exact) mass is 382 g/mol. The van der Waals surface area contributed by atoms with E-state index in [0.717, 1.165) is 23.1 Å². The molecule has 0 saturated heterocycles. The van der Waals surface area contributed by atoms with Gasteiger partial charge in [0.1, 0.15) is 0 Å². The zero-order chi connectivity index (χ0) is 20.8. The number of benzene rings is 2. The van der Waals surface area contributed by atoms with Gasteiger partial charge in [-0.1, -0.05) is 43.7 Å². The lowest BCUT2D eigenvalue weighted by atomic mass is 9.99. The van der Waals surface area contributed by atoms with Gasteiger partial charge in [-0.05, 0) is 49.6 Å². The molecule has 2 unspecified atom stereocenters. The molecule has 2 amide bonds. The predicted molar refractivity (Wildman–Crippen MR) is 113 cm³/mol. The number of hydrogen-bond acceptors (Lipinski definition) is 3. The van der Waals surface area contributed by atoms with Gasteiger partial charge in [-0.2, -0.15) is 0 Å². The summed E-state index contributed by atoms with van der Waals surface area (Å²) in [5, 5.41) is 12.0. The molecule has 0 fully saturated rings. The minimum Gasteiger partial charge on any atom is -0.394 e. The molecule has 0 bridgehead atoms. The Bertz CT molecular complexity index is 830. The summed E-state index contributed by atoms with van der Waals surface area (Å²) < 4.78 is 0. The van der Waals surface area contributed by atoms with Gasteiger partial charge < -0.3 is 15.3 Å². The molecule has 2 aromatic rings. The van der Waals surface area contributed by atoms with Crippen LogP contribution in [0.4, 0.5) is 5.69 Å². The van der Waals surface area contributed by atoms with Crippen molar-refractivity contribution < 1.29 is 14.7 Å². The summed E-state index contributed by atoms with van der Waals surface area (Å²) in [6, 6.07) is 13.2. The topological polar surface area (TPSA) is 69.6 Å². The highest BCUT2D eigenvalue weighted by molar-refractivity contribution is 6.00. The van der Waals surface area contributed by atoms with Crippen LogP contribution in [0, 0.1) is 12.8 Å². The Morgan fingerprint density at radius 3 is 2.29 bits per heavy atom. The van der Waals surface area contributed by atoms with E-state index in [0.29, 0.717) is 11.3 Å². The van der Waals surface area contributed by atoms with Gasteiger partial charge in [0.2, 0.25) is 5.91 Å². The van der Waals surface area contributed by atoms with Crippen molar-refractivity contribution in [3.63, 3.8) is 0 Å². The first-order valence-corrected chi connectivity index (χ1v) is 9.68. The molecule has 0 saturated carbocycles. The fourth-order valence-electron chi connectivity index (χ4n) is 2.83. The van der Waals surface area contributed by atoms with E-state index in [4.69, 9.17) is 0 Å². The normalized spacial score (nSPS) is 12.9. The van der Waals surface area contributed by atoms with Crippen LogP contribution < -0.4 is 10.2 Å². The maximum Gasteiger partial charge on any atom is 0.251 e. The first kappa shape index (κ1) is 21.6. The van der Waals surface area contributed by atoms with Crippen molar-refractivity contribution in [3.8, 4) is 11.1 Å². The first-order chi connectivity index (χ1) is 13.3. The number of carbonyl (C=O) groups is 2. The molecule has 0 aromatic heterocycles. The van der Waals surface area contributed by atoms with Gasteiger partial charge in [-0.15, -0.1) is 0 Å². The van der Waals surface area contributed by atoms with Crippen LogP contribution in [0.15, 0.2) is 42.5 Å². The van der Waals surface area contributed by atoms with Crippen LogP contribution in [0.25, 0.3) is 11.1 Å². The average molecular weight is 383 g/mol. The molecule has 2 aromatic carbocycles. The SMILES string of the molecule is CCC(C)C(=O)N(C)c1cc(C(=O)NC(C)CO)cc(-c2ccc(C)cc2)c1. The van der Waals surface area contributed by atoms with E-state index in [-0.39, 0.29) is 30.4 Å². The fourth-order valence-corrected chi connectivity index (χ4v) is 2.83. The van der Waals surface area contributed by atoms with Crippen molar-refractivity contribution in [2.24, 2.45) is 5.92 Å². The van der Waals surface area contributed by atoms with E-state index >= 15 is 0 Å². The number of aliphatic hydroxyl groups is 1. The van der Waals surface area contributed by atoms with Crippen molar-refractivity contribution in [2.45, 2.75) is 40.2 Å². The van der Waals surface area contributed by atoms with Gasteiger partial charge in [0.05, 0.1) is 6.61 Å². The standard InChI is InChI=1S/C23H30N2O3/c1-6-16(3)23(28)25(5)21-12-19(18-9-7-15(2)8-10-18)11-20(13-21)22(27)24-17(4)14-26/h7-13,16-17,26H,6,14H2,1-5H3,(H,24,27). The van der Waals surface area contributed by atoms with Gasteiger partial charge in [-0.25, -0.2) is 0 Å². The molecule has 0 aliphatic rings. The summed E-state index contributed by atoms with van der Waals surface area (Å²) in [6.45, 7) is 7.51. The summed E-state index contributed by atoms with van der Waals surface area (Å²) in [5.74, 6) is -0.362. The van der Waals surface area contributed by atoms with E-state index in [1.54, 1.807) is 24.9 Å². The summed E-state index contributed by atoms with van der Waals surface area (Å²) >= 11 is 0. The predicted octanol–water partition coefficient (Wildman–Crippen LogP) is 3.78. The third-order valence-electron chi connectivity index (χ3n) is 4.97. The highest BCUT2D eigenvalue weighted by atomic mass is 16.3. The molecule has 150 valence electrons. The molecule has 0 spiro atoms.